The molecule has 0 atom stereocenters. The van der Waals surface area contributed by atoms with E-state index in [2.05, 4.69) is 53.6 Å². The van der Waals surface area contributed by atoms with Gasteiger partial charge in [0.1, 0.15) is 4.60 Å². The van der Waals surface area contributed by atoms with E-state index in [9.17, 15) is 0 Å². The van der Waals surface area contributed by atoms with E-state index in [0.717, 1.165) is 21.3 Å². The SMILES string of the molecule is Brc1csc(CNc2ccc(Br)nc2)c1. The van der Waals surface area contributed by atoms with Gasteiger partial charge in [-0.25, -0.2) is 4.98 Å². The van der Waals surface area contributed by atoms with E-state index in [0.29, 0.717) is 0 Å². The van der Waals surface area contributed by atoms with Crippen molar-refractivity contribution >= 4 is 48.9 Å². The summed E-state index contributed by atoms with van der Waals surface area (Å²) in [6.07, 6.45) is 1.81. The van der Waals surface area contributed by atoms with Crippen molar-refractivity contribution in [1.82, 2.24) is 4.98 Å². The van der Waals surface area contributed by atoms with E-state index in [1.807, 2.05) is 18.3 Å². The normalized spacial score (nSPS) is 10.3. The lowest BCUT2D eigenvalue weighted by Crippen LogP contribution is -1.97. The number of rotatable bonds is 3. The number of nitrogens with zero attached hydrogens (tertiary/aromatic N) is 1. The third kappa shape index (κ3) is 3.29. The molecular formula is C10H8Br2N2S. The van der Waals surface area contributed by atoms with Crippen LogP contribution >= 0.6 is 43.2 Å². The first-order chi connectivity index (χ1) is 7.24. The van der Waals surface area contributed by atoms with Gasteiger partial charge in [-0.3, -0.25) is 0 Å². The smallest absolute Gasteiger partial charge is 0.106 e. The van der Waals surface area contributed by atoms with Gasteiger partial charge < -0.3 is 5.32 Å². The van der Waals surface area contributed by atoms with Crippen molar-refractivity contribution in [2.75, 3.05) is 5.32 Å². The molecule has 2 rings (SSSR count). The molecule has 2 aromatic rings. The quantitative estimate of drug-likeness (QED) is 0.838. The van der Waals surface area contributed by atoms with Crippen molar-refractivity contribution in [3.05, 3.63) is 43.7 Å². The number of nitrogens with one attached hydrogen (secondary N) is 1. The van der Waals surface area contributed by atoms with Gasteiger partial charge in [0, 0.05) is 21.3 Å². The molecule has 0 aromatic carbocycles. The molecule has 1 N–H and O–H groups in total. The highest BCUT2D eigenvalue weighted by Crippen LogP contribution is 2.20. The summed E-state index contributed by atoms with van der Waals surface area (Å²) < 4.78 is 1.99. The lowest BCUT2D eigenvalue weighted by Gasteiger charge is -2.03. The molecule has 78 valence electrons. The number of thiophene rings is 1. The number of hydrogen-bond acceptors (Lipinski definition) is 3. The molecular weight excluding hydrogens is 340 g/mol. The van der Waals surface area contributed by atoms with Crippen molar-refractivity contribution in [2.45, 2.75) is 6.54 Å². The molecule has 0 saturated carbocycles. The van der Waals surface area contributed by atoms with Gasteiger partial charge in [-0.2, -0.15) is 0 Å². The second-order valence-electron chi connectivity index (χ2n) is 2.95. The van der Waals surface area contributed by atoms with Crippen LogP contribution in [0, 0.1) is 0 Å². The summed E-state index contributed by atoms with van der Waals surface area (Å²) in [4.78, 5) is 5.44. The standard InChI is InChI=1S/C10H8Br2N2S/c11-7-3-9(15-6-7)5-13-8-1-2-10(12)14-4-8/h1-4,6,13H,5H2. The Kier molecular flexibility index (Phi) is 3.77. The van der Waals surface area contributed by atoms with Crippen LogP contribution in [0.3, 0.4) is 0 Å². The topological polar surface area (TPSA) is 24.9 Å². The number of halogens is 2. The van der Waals surface area contributed by atoms with Crippen LogP contribution in [0.1, 0.15) is 4.88 Å². The monoisotopic (exact) mass is 346 g/mol. The molecule has 5 heteroatoms. The fourth-order valence-electron chi connectivity index (χ4n) is 1.12. The van der Waals surface area contributed by atoms with Gasteiger partial charge in [0.15, 0.2) is 0 Å². The van der Waals surface area contributed by atoms with Gasteiger partial charge >= 0.3 is 0 Å². The maximum atomic E-state index is 4.14. The van der Waals surface area contributed by atoms with Gasteiger partial charge in [-0.05, 0) is 50.1 Å². The first-order valence-corrected chi connectivity index (χ1v) is 6.79. The summed E-state index contributed by atoms with van der Waals surface area (Å²) in [7, 11) is 0. The lowest BCUT2D eigenvalue weighted by atomic mass is 10.4. The zero-order chi connectivity index (χ0) is 10.7. The molecule has 0 bridgehead atoms. The molecule has 2 heterocycles. The van der Waals surface area contributed by atoms with Crippen molar-refractivity contribution in [2.24, 2.45) is 0 Å². The van der Waals surface area contributed by atoms with Crippen LogP contribution in [0.4, 0.5) is 5.69 Å². The molecule has 2 aromatic heterocycles. The van der Waals surface area contributed by atoms with E-state index in [1.165, 1.54) is 4.88 Å². The highest BCUT2D eigenvalue weighted by atomic mass is 79.9. The Morgan fingerprint density at radius 2 is 2.20 bits per heavy atom. The third-order valence-corrected chi connectivity index (χ3v) is 3.98. The van der Waals surface area contributed by atoms with E-state index >= 15 is 0 Å². The van der Waals surface area contributed by atoms with Crippen molar-refractivity contribution < 1.29 is 0 Å². The number of aromatic nitrogens is 1. The second-order valence-corrected chi connectivity index (χ2v) is 5.68. The van der Waals surface area contributed by atoms with Crippen molar-refractivity contribution in [3.8, 4) is 0 Å². The van der Waals surface area contributed by atoms with Crippen LogP contribution in [-0.2, 0) is 6.54 Å². The Hall–Kier alpha value is -0.390. The molecule has 0 amide bonds. The number of anilines is 1. The van der Waals surface area contributed by atoms with E-state index in [1.54, 1.807) is 11.3 Å². The largest absolute Gasteiger partial charge is 0.379 e. The molecule has 0 aliphatic heterocycles. The number of pyridine rings is 1. The lowest BCUT2D eigenvalue weighted by molar-refractivity contribution is 1.16. The van der Waals surface area contributed by atoms with E-state index in [4.69, 9.17) is 0 Å². The van der Waals surface area contributed by atoms with Crippen LogP contribution in [0.15, 0.2) is 38.9 Å². The summed E-state index contributed by atoms with van der Waals surface area (Å²) in [5.41, 5.74) is 1.03. The zero-order valence-corrected chi connectivity index (χ0v) is 11.7. The van der Waals surface area contributed by atoms with Crippen molar-refractivity contribution in [1.29, 1.82) is 0 Å². The minimum atomic E-state index is 0.833. The van der Waals surface area contributed by atoms with Crippen LogP contribution in [0.2, 0.25) is 0 Å². The fourth-order valence-corrected chi connectivity index (χ4v) is 2.74. The molecule has 0 spiro atoms. The number of hydrogen-bond donors (Lipinski definition) is 1. The second kappa shape index (κ2) is 5.09. The van der Waals surface area contributed by atoms with Crippen LogP contribution in [0.5, 0.6) is 0 Å². The fraction of sp³-hybridized carbons (Fsp3) is 0.100. The summed E-state index contributed by atoms with van der Waals surface area (Å²) in [6.45, 7) is 0.833. The van der Waals surface area contributed by atoms with E-state index in [-0.39, 0.29) is 0 Å². The summed E-state index contributed by atoms with van der Waals surface area (Å²) >= 11 is 8.47. The van der Waals surface area contributed by atoms with Gasteiger partial charge in [0.05, 0.1) is 11.9 Å². The Morgan fingerprint density at radius 1 is 1.33 bits per heavy atom. The maximum absolute atomic E-state index is 4.14. The Balaban J connectivity index is 1.96. The Morgan fingerprint density at radius 3 is 2.80 bits per heavy atom. The minimum Gasteiger partial charge on any atom is -0.379 e. The van der Waals surface area contributed by atoms with Crippen molar-refractivity contribution in [3.63, 3.8) is 0 Å². The average molecular weight is 348 g/mol. The molecule has 2 nitrogen and oxygen atoms in total. The highest BCUT2D eigenvalue weighted by molar-refractivity contribution is 9.10. The molecule has 0 fully saturated rings. The summed E-state index contributed by atoms with van der Waals surface area (Å²) in [5.74, 6) is 0. The summed E-state index contributed by atoms with van der Waals surface area (Å²) in [5, 5.41) is 5.39. The highest BCUT2D eigenvalue weighted by Gasteiger charge is 1.97. The van der Waals surface area contributed by atoms with E-state index < -0.39 is 0 Å². The maximum Gasteiger partial charge on any atom is 0.106 e. The summed E-state index contributed by atoms with van der Waals surface area (Å²) in [6, 6.07) is 6.04. The molecule has 0 aliphatic carbocycles. The molecule has 15 heavy (non-hydrogen) atoms. The molecule has 0 unspecified atom stereocenters. The predicted molar refractivity (Wildman–Crippen MR) is 71.3 cm³/mol. The van der Waals surface area contributed by atoms with Crippen LogP contribution in [-0.4, -0.2) is 4.98 Å². The van der Waals surface area contributed by atoms with Gasteiger partial charge in [0.2, 0.25) is 0 Å². The van der Waals surface area contributed by atoms with Gasteiger partial charge in [0.25, 0.3) is 0 Å². The molecule has 0 saturated heterocycles. The molecule has 0 radical (unpaired) electrons. The Bertz CT molecular complexity index is 439. The van der Waals surface area contributed by atoms with Crippen LogP contribution in [0.25, 0.3) is 0 Å². The van der Waals surface area contributed by atoms with Gasteiger partial charge in [-0.15, -0.1) is 11.3 Å². The van der Waals surface area contributed by atoms with Gasteiger partial charge in [-0.1, -0.05) is 0 Å². The molecule has 0 aliphatic rings. The third-order valence-electron chi connectivity index (χ3n) is 1.82. The first kappa shape index (κ1) is 11.1. The minimum absolute atomic E-state index is 0.833. The Labute approximate surface area is 109 Å². The first-order valence-electron chi connectivity index (χ1n) is 4.32. The average Bonchev–Trinajstić information content (AvgIpc) is 2.64. The van der Waals surface area contributed by atoms with Crippen LogP contribution < -0.4 is 5.32 Å². The predicted octanol–water partition coefficient (Wildman–Crippen LogP) is 4.28. The zero-order valence-electron chi connectivity index (χ0n) is 7.71.